The maximum atomic E-state index is 12.2. The Labute approximate surface area is 181 Å². The Balaban J connectivity index is 1.47. The minimum atomic E-state index is -0.416. The van der Waals surface area contributed by atoms with Gasteiger partial charge in [-0.2, -0.15) is 5.10 Å². The maximum Gasteiger partial charge on any atom is 0.343 e. The van der Waals surface area contributed by atoms with Crippen molar-refractivity contribution in [2.24, 2.45) is 5.10 Å². The number of carbonyl (C=O) groups excluding carboxylic acids is 2. The molecule has 158 valence electrons. The fourth-order valence-electron chi connectivity index (χ4n) is 2.72. The third-order valence-electron chi connectivity index (χ3n) is 4.60. The molecule has 0 unspecified atom stereocenters. The molecule has 0 atom stereocenters. The van der Waals surface area contributed by atoms with E-state index in [9.17, 15) is 9.59 Å². The summed E-state index contributed by atoms with van der Waals surface area (Å²) in [5.74, 6) is 0.284. The summed E-state index contributed by atoms with van der Waals surface area (Å²) in [5.41, 5.74) is 6.91. The number of nitrogens with zero attached hydrogens (tertiary/aromatic N) is 1. The average Bonchev–Trinajstić information content (AvgIpc) is 2.76. The molecule has 6 nitrogen and oxygen atoms in total. The van der Waals surface area contributed by atoms with Crippen LogP contribution in [0.2, 0.25) is 0 Å². The first-order valence-electron chi connectivity index (χ1n) is 9.81. The molecule has 3 aromatic rings. The lowest BCUT2D eigenvalue weighted by Crippen LogP contribution is -2.24. The largest absolute Gasteiger partial charge is 0.484 e. The first-order valence-corrected chi connectivity index (χ1v) is 9.81. The predicted octanol–water partition coefficient (Wildman–Crippen LogP) is 4.36. The lowest BCUT2D eigenvalue weighted by Gasteiger charge is -2.07. The van der Waals surface area contributed by atoms with Crippen molar-refractivity contribution in [2.45, 2.75) is 20.8 Å². The summed E-state index contributed by atoms with van der Waals surface area (Å²) in [6.45, 7) is 5.79. The fourth-order valence-corrected chi connectivity index (χ4v) is 2.72. The normalized spacial score (nSPS) is 10.7. The smallest absolute Gasteiger partial charge is 0.343 e. The standard InChI is InChI=1S/C25H24N2O4/c1-17-5-4-6-21(13-17)25(29)31-22-11-8-20(9-12-22)15-26-27-24(28)16-30-23-10-7-18(2)19(3)14-23/h4-15H,16H2,1-3H3,(H,27,28)/b26-15+. The molecule has 31 heavy (non-hydrogen) atoms. The van der Waals surface area contributed by atoms with Crippen molar-refractivity contribution in [3.05, 3.63) is 94.5 Å². The number of amides is 1. The van der Waals surface area contributed by atoms with E-state index in [1.54, 1.807) is 36.4 Å². The van der Waals surface area contributed by atoms with Gasteiger partial charge in [-0.3, -0.25) is 4.79 Å². The minimum absolute atomic E-state index is 0.131. The molecule has 3 rings (SSSR count). The summed E-state index contributed by atoms with van der Waals surface area (Å²) in [6.07, 6.45) is 1.50. The van der Waals surface area contributed by atoms with Gasteiger partial charge in [0.25, 0.3) is 5.91 Å². The van der Waals surface area contributed by atoms with Crippen LogP contribution in [-0.2, 0) is 4.79 Å². The Morgan fingerprint density at radius 3 is 2.35 bits per heavy atom. The summed E-state index contributed by atoms with van der Waals surface area (Å²) in [5, 5.41) is 3.92. The molecule has 0 aromatic heterocycles. The number of aryl methyl sites for hydroxylation is 3. The van der Waals surface area contributed by atoms with Crippen LogP contribution in [0.3, 0.4) is 0 Å². The SMILES string of the molecule is Cc1cccc(C(=O)Oc2ccc(/C=N/NC(=O)COc3ccc(C)c(C)c3)cc2)c1. The van der Waals surface area contributed by atoms with Crippen LogP contribution in [0.1, 0.15) is 32.6 Å². The lowest BCUT2D eigenvalue weighted by molar-refractivity contribution is -0.123. The van der Waals surface area contributed by atoms with Crippen molar-refractivity contribution in [1.82, 2.24) is 5.43 Å². The van der Waals surface area contributed by atoms with E-state index < -0.39 is 5.97 Å². The molecule has 0 saturated heterocycles. The molecule has 0 radical (unpaired) electrons. The Bertz CT molecular complexity index is 1100. The highest BCUT2D eigenvalue weighted by Gasteiger charge is 2.08. The number of ether oxygens (including phenoxy) is 2. The van der Waals surface area contributed by atoms with Crippen LogP contribution in [0.5, 0.6) is 11.5 Å². The van der Waals surface area contributed by atoms with Crippen LogP contribution in [0, 0.1) is 20.8 Å². The summed E-state index contributed by atoms with van der Waals surface area (Å²) >= 11 is 0. The van der Waals surface area contributed by atoms with Crippen molar-refractivity contribution in [3.8, 4) is 11.5 Å². The van der Waals surface area contributed by atoms with Crippen molar-refractivity contribution in [2.75, 3.05) is 6.61 Å². The molecule has 6 heteroatoms. The third kappa shape index (κ3) is 6.54. The Morgan fingerprint density at radius 1 is 0.903 bits per heavy atom. The summed E-state index contributed by atoms with van der Waals surface area (Å²) in [6, 6.07) is 19.7. The van der Waals surface area contributed by atoms with Crippen molar-refractivity contribution in [3.63, 3.8) is 0 Å². The second kappa shape index (κ2) is 10.2. The second-order valence-electron chi connectivity index (χ2n) is 7.16. The van der Waals surface area contributed by atoms with Gasteiger partial charge in [0, 0.05) is 0 Å². The van der Waals surface area contributed by atoms with E-state index in [0.29, 0.717) is 17.1 Å². The molecule has 0 spiro atoms. The van der Waals surface area contributed by atoms with Gasteiger partial charge in [0.1, 0.15) is 11.5 Å². The molecule has 0 saturated carbocycles. The lowest BCUT2D eigenvalue weighted by atomic mass is 10.1. The molecule has 0 aliphatic carbocycles. The molecular formula is C25H24N2O4. The van der Waals surface area contributed by atoms with Crippen LogP contribution >= 0.6 is 0 Å². The molecule has 3 aromatic carbocycles. The molecule has 0 bridgehead atoms. The van der Waals surface area contributed by atoms with Crippen LogP contribution in [0.4, 0.5) is 0 Å². The molecule has 0 aliphatic heterocycles. The van der Waals surface area contributed by atoms with Crippen LogP contribution in [0.15, 0.2) is 71.8 Å². The zero-order valence-electron chi connectivity index (χ0n) is 17.7. The number of nitrogens with one attached hydrogen (secondary N) is 1. The van der Waals surface area contributed by atoms with Crippen molar-refractivity contribution in [1.29, 1.82) is 0 Å². The fraction of sp³-hybridized carbons (Fsp3) is 0.160. The van der Waals surface area contributed by atoms with E-state index in [0.717, 1.165) is 22.3 Å². The number of esters is 1. The van der Waals surface area contributed by atoms with Gasteiger partial charge in [-0.1, -0.05) is 23.8 Å². The van der Waals surface area contributed by atoms with Gasteiger partial charge in [0.2, 0.25) is 0 Å². The van der Waals surface area contributed by atoms with Crippen LogP contribution in [-0.4, -0.2) is 24.7 Å². The van der Waals surface area contributed by atoms with Gasteiger partial charge in [-0.15, -0.1) is 0 Å². The topological polar surface area (TPSA) is 77.0 Å². The second-order valence-corrected chi connectivity index (χ2v) is 7.16. The molecule has 1 amide bonds. The van der Waals surface area contributed by atoms with Crippen molar-refractivity contribution < 1.29 is 19.1 Å². The summed E-state index contributed by atoms with van der Waals surface area (Å²) in [4.78, 5) is 24.1. The zero-order valence-corrected chi connectivity index (χ0v) is 17.7. The Hall–Kier alpha value is -3.93. The highest BCUT2D eigenvalue weighted by molar-refractivity contribution is 5.91. The number of rotatable bonds is 7. The predicted molar refractivity (Wildman–Crippen MR) is 120 cm³/mol. The number of benzene rings is 3. The molecule has 0 aliphatic rings. The van der Waals surface area contributed by atoms with E-state index in [1.807, 2.05) is 51.1 Å². The monoisotopic (exact) mass is 416 g/mol. The Kier molecular flexibility index (Phi) is 7.17. The van der Waals surface area contributed by atoms with Crippen LogP contribution < -0.4 is 14.9 Å². The molecule has 0 fully saturated rings. The van der Waals surface area contributed by atoms with E-state index in [2.05, 4.69) is 10.5 Å². The summed E-state index contributed by atoms with van der Waals surface area (Å²) < 4.78 is 10.8. The van der Waals surface area contributed by atoms with Gasteiger partial charge >= 0.3 is 5.97 Å². The first kappa shape index (κ1) is 21.8. The van der Waals surface area contributed by atoms with E-state index in [4.69, 9.17) is 9.47 Å². The maximum absolute atomic E-state index is 12.2. The van der Waals surface area contributed by atoms with E-state index in [-0.39, 0.29) is 12.5 Å². The average molecular weight is 416 g/mol. The quantitative estimate of drug-likeness (QED) is 0.269. The molecular weight excluding hydrogens is 392 g/mol. The van der Waals surface area contributed by atoms with Gasteiger partial charge < -0.3 is 9.47 Å². The number of hydrogen-bond acceptors (Lipinski definition) is 5. The summed E-state index contributed by atoms with van der Waals surface area (Å²) in [7, 11) is 0. The minimum Gasteiger partial charge on any atom is -0.484 e. The third-order valence-corrected chi connectivity index (χ3v) is 4.60. The van der Waals surface area contributed by atoms with E-state index in [1.165, 1.54) is 6.21 Å². The number of hydrazone groups is 1. The van der Waals surface area contributed by atoms with Gasteiger partial charge in [-0.25, -0.2) is 10.2 Å². The number of carbonyl (C=O) groups is 2. The number of hydrogen-bond donors (Lipinski definition) is 1. The Morgan fingerprint density at radius 2 is 1.65 bits per heavy atom. The van der Waals surface area contributed by atoms with Gasteiger partial charge in [0.05, 0.1) is 11.8 Å². The highest BCUT2D eigenvalue weighted by atomic mass is 16.5. The molecule has 1 N–H and O–H groups in total. The highest BCUT2D eigenvalue weighted by Crippen LogP contribution is 2.16. The van der Waals surface area contributed by atoms with Gasteiger partial charge in [0.15, 0.2) is 6.61 Å². The molecule has 0 heterocycles. The van der Waals surface area contributed by atoms with Crippen molar-refractivity contribution >= 4 is 18.1 Å². The van der Waals surface area contributed by atoms with Gasteiger partial charge in [-0.05, 0) is 86.0 Å². The van der Waals surface area contributed by atoms with E-state index >= 15 is 0 Å². The first-order chi connectivity index (χ1) is 14.9. The van der Waals surface area contributed by atoms with Crippen LogP contribution in [0.25, 0.3) is 0 Å². The zero-order chi connectivity index (χ0) is 22.2.